The lowest BCUT2D eigenvalue weighted by Crippen LogP contribution is -2.26. The van der Waals surface area contributed by atoms with E-state index >= 15 is 0 Å². The molecule has 1 aromatic carbocycles. The number of hydrogen-bond donors (Lipinski definition) is 2. The number of H-pyrrole nitrogens is 1. The molecule has 0 aliphatic rings. The van der Waals surface area contributed by atoms with E-state index in [-0.39, 0.29) is 17.2 Å². The zero-order chi connectivity index (χ0) is 17.1. The Balaban J connectivity index is 1.82. The third-order valence-corrected chi connectivity index (χ3v) is 3.63. The molecule has 3 rings (SSSR count). The van der Waals surface area contributed by atoms with Gasteiger partial charge in [0.25, 0.3) is 11.5 Å². The van der Waals surface area contributed by atoms with E-state index in [2.05, 4.69) is 20.5 Å². The van der Waals surface area contributed by atoms with Crippen LogP contribution in [0.2, 0.25) is 0 Å². The topological polar surface area (TPSA) is 91.0 Å². The first-order chi connectivity index (χ1) is 11.6. The number of carbonyl (C=O) groups excluding carboxylic acids is 1. The van der Waals surface area contributed by atoms with Gasteiger partial charge in [0.2, 0.25) is 0 Å². The molecule has 2 heterocycles. The smallest absolute Gasteiger partial charge is 0.272 e. The molecule has 0 saturated carbocycles. The molecule has 0 aliphatic carbocycles. The average Bonchev–Trinajstić information content (AvgIpc) is 2.60. The maximum Gasteiger partial charge on any atom is 0.272 e. The fraction of sp³-hybridized carbons (Fsp3) is 0.176. The van der Waals surface area contributed by atoms with Crippen molar-refractivity contribution in [1.82, 2.24) is 20.5 Å². The Bertz CT molecular complexity index is 949. The van der Waals surface area contributed by atoms with Gasteiger partial charge in [-0.15, -0.1) is 0 Å². The number of anilines is 1. The summed E-state index contributed by atoms with van der Waals surface area (Å²) in [6, 6.07) is 10.6. The molecule has 7 nitrogen and oxygen atoms in total. The number of aromatic amines is 1. The molecule has 2 N–H and O–H groups in total. The fourth-order valence-electron chi connectivity index (χ4n) is 2.37. The molecule has 1 amide bonds. The third-order valence-electron chi connectivity index (χ3n) is 3.63. The van der Waals surface area contributed by atoms with Crippen molar-refractivity contribution in [2.45, 2.75) is 6.54 Å². The second-order valence-corrected chi connectivity index (χ2v) is 5.55. The van der Waals surface area contributed by atoms with Crippen molar-refractivity contribution in [3.05, 3.63) is 64.2 Å². The number of rotatable bonds is 4. The van der Waals surface area contributed by atoms with E-state index in [1.807, 2.05) is 31.1 Å². The quantitative estimate of drug-likeness (QED) is 0.755. The summed E-state index contributed by atoms with van der Waals surface area (Å²) in [6.07, 6.45) is 1.70. The second kappa shape index (κ2) is 6.49. The lowest BCUT2D eigenvalue weighted by Gasteiger charge is -2.12. The van der Waals surface area contributed by atoms with Crippen LogP contribution in [-0.2, 0) is 6.54 Å². The van der Waals surface area contributed by atoms with Crippen LogP contribution in [0.15, 0.2) is 47.4 Å². The number of hydrogen-bond acceptors (Lipinski definition) is 5. The lowest BCUT2D eigenvalue weighted by atomic mass is 10.1. The van der Waals surface area contributed by atoms with E-state index in [4.69, 9.17) is 0 Å². The summed E-state index contributed by atoms with van der Waals surface area (Å²) in [4.78, 5) is 30.3. The van der Waals surface area contributed by atoms with Crippen molar-refractivity contribution in [2.75, 3.05) is 19.0 Å². The van der Waals surface area contributed by atoms with E-state index in [0.717, 1.165) is 11.4 Å². The molecule has 0 bridgehead atoms. The Morgan fingerprint density at radius 1 is 1.21 bits per heavy atom. The Hall–Kier alpha value is -3.22. The molecule has 2 aromatic heterocycles. The SMILES string of the molecule is CN(C)c1cc(CNC(=O)c2n[nH]c(=O)c3ccccc23)ccn1. The van der Waals surface area contributed by atoms with Crippen LogP contribution in [-0.4, -0.2) is 35.2 Å². The molecule has 0 fully saturated rings. The molecule has 0 saturated heterocycles. The average molecular weight is 323 g/mol. The largest absolute Gasteiger partial charge is 0.363 e. The number of nitrogens with zero attached hydrogens (tertiary/aromatic N) is 3. The maximum atomic E-state index is 12.4. The predicted molar refractivity (Wildman–Crippen MR) is 92.1 cm³/mol. The van der Waals surface area contributed by atoms with Crippen molar-refractivity contribution in [2.24, 2.45) is 0 Å². The van der Waals surface area contributed by atoms with Crippen molar-refractivity contribution >= 4 is 22.5 Å². The highest BCUT2D eigenvalue weighted by atomic mass is 16.2. The minimum Gasteiger partial charge on any atom is -0.363 e. The fourth-order valence-corrected chi connectivity index (χ4v) is 2.37. The molecule has 0 radical (unpaired) electrons. The minimum atomic E-state index is -0.342. The number of amides is 1. The molecular weight excluding hydrogens is 306 g/mol. The van der Waals surface area contributed by atoms with Gasteiger partial charge in [-0.25, -0.2) is 10.1 Å². The van der Waals surface area contributed by atoms with Gasteiger partial charge in [-0.3, -0.25) is 9.59 Å². The van der Waals surface area contributed by atoms with Gasteiger partial charge in [0.15, 0.2) is 5.69 Å². The van der Waals surface area contributed by atoms with Gasteiger partial charge >= 0.3 is 0 Å². The number of fused-ring (bicyclic) bond motifs is 1. The second-order valence-electron chi connectivity index (χ2n) is 5.55. The van der Waals surface area contributed by atoms with Gasteiger partial charge in [-0.05, 0) is 23.8 Å². The van der Waals surface area contributed by atoms with Crippen molar-refractivity contribution < 1.29 is 4.79 Å². The highest BCUT2D eigenvalue weighted by Gasteiger charge is 2.13. The zero-order valence-corrected chi connectivity index (χ0v) is 13.4. The van der Waals surface area contributed by atoms with Gasteiger partial charge in [-0.2, -0.15) is 5.10 Å². The molecule has 7 heteroatoms. The highest BCUT2D eigenvalue weighted by Crippen LogP contribution is 2.13. The molecule has 0 aliphatic heterocycles. The molecule has 0 atom stereocenters. The summed E-state index contributed by atoms with van der Waals surface area (Å²) in [5, 5.41) is 10.1. The standard InChI is InChI=1S/C17H17N5O2/c1-22(2)14-9-11(7-8-18-14)10-19-17(24)15-12-5-3-4-6-13(12)16(23)21-20-15/h3-9H,10H2,1-2H3,(H,19,24)(H,21,23). The maximum absolute atomic E-state index is 12.4. The number of benzene rings is 1. The molecule has 0 unspecified atom stereocenters. The van der Waals surface area contributed by atoms with E-state index in [1.165, 1.54) is 0 Å². The first-order valence-electron chi connectivity index (χ1n) is 7.44. The molecule has 0 spiro atoms. The van der Waals surface area contributed by atoms with Crippen molar-refractivity contribution in [3.63, 3.8) is 0 Å². The molecule has 122 valence electrons. The van der Waals surface area contributed by atoms with E-state index in [1.54, 1.807) is 30.5 Å². The number of pyridine rings is 1. The van der Waals surface area contributed by atoms with Crippen LogP contribution >= 0.6 is 0 Å². The summed E-state index contributed by atoms with van der Waals surface area (Å²) in [7, 11) is 3.81. The Labute approximate surface area is 138 Å². The van der Waals surface area contributed by atoms with E-state index in [0.29, 0.717) is 17.3 Å². The van der Waals surface area contributed by atoms with Crippen molar-refractivity contribution in [1.29, 1.82) is 0 Å². The Kier molecular flexibility index (Phi) is 4.24. The van der Waals surface area contributed by atoms with Gasteiger partial charge in [-0.1, -0.05) is 18.2 Å². The monoisotopic (exact) mass is 323 g/mol. The van der Waals surface area contributed by atoms with E-state index in [9.17, 15) is 9.59 Å². The predicted octanol–water partition coefficient (Wildman–Crippen LogP) is 1.31. The van der Waals surface area contributed by atoms with Gasteiger partial charge in [0, 0.05) is 32.2 Å². The van der Waals surface area contributed by atoms with Crippen LogP contribution in [0.4, 0.5) is 5.82 Å². The van der Waals surface area contributed by atoms with Crippen LogP contribution in [0, 0.1) is 0 Å². The first kappa shape index (κ1) is 15.7. The highest BCUT2D eigenvalue weighted by molar-refractivity contribution is 6.04. The van der Waals surface area contributed by atoms with Crippen LogP contribution in [0.25, 0.3) is 10.8 Å². The molecule has 3 aromatic rings. The third kappa shape index (κ3) is 3.10. The summed E-state index contributed by atoms with van der Waals surface area (Å²) in [5.41, 5.74) is 0.815. The van der Waals surface area contributed by atoms with Crippen molar-refractivity contribution in [3.8, 4) is 0 Å². The van der Waals surface area contributed by atoms with Crippen LogP contribution in [0.1, 0.15) is 16.1 Å². The first-order valence-corrected chi connectivity index (χ1v) is 7.44. The summed E-state index contributed by atoms with van der Waals surface area (Å²) in [5.74, 6) is 0.472. The zero-order valence-electron chi connectivity index (χ0n) is 13.4. The van der Waals surface area contributed by atoms with Crippen LogP contribution in [0.5, 0.6) is 0 Å². The Morgan fingerprint density at radius 3 is 2.71 bits per heavy atom. The van der Waals surface area contributed by atoms with E-state index < -0.39 is 0 Å². The lowest BCUT2D eigenvalue weighted by molar-refractivity contribution is 0.0946. The normalized spacial score (nSPS) is 10.6. The number of nitrogens with one attached hydrogen (secondary N) is 2. The number of carbonyl (C=O) groups is 1. The minimum absolute atomic E-state index is 0.201. The van der Waals surface area contributed by atoms with Gasteiger partial charge in [0.1, 0.15) is 5.82 Å². The summed E-state index contributed by atoms with van der Waals surface area (Å²) in [6.45, 7) is 0.345. The van der Waals surface area contributed by atoms with Crippen LogP contribution < -0.4 is 15.8 Å². The molecular formula is C17H17N5O2. The summed E-state index contributed by atoms with van der Waals surface area (Å²) < 4.78 is 0. The van der Waals surface area contributed by atoms with Gasteiger partial charge < -0.3 is 10.2 Å². The summed E-state index contributed by atoms with van der Waals surface area (Å²) >= 11 is 0. The number of aromatic nitrogens is 3. The van der Waals surface area contributed by atoms with Gasteiger partial charge in [0.05, 0.1) is 5.39 Å². The Morgan fingerprint density at radius 2 is 1.96 bits per heavy atom. The molecule has 24 heavy (non-hydrogen) atoms. The van der Waals surface area contributed by atoms with Crippen LogP contribution in [0.3, 0.4) is 0 Å².